The molecular weight excluding hydrogens is 406 g/mol. The van der Waals surface area contributed by atoms with Gasteiger partial charge >= 0.3 is 0 Å². The Bertz CT molecular complexity index is 1060. The van der Waals surface area contributed by atoms with Gasteiger partial charge in [0, 0.05) is 25.2 Å². The molecule has 2 aromatic carbocycles. The summed E-state index contributed by atoms with van der Waals surface area (Å²) in [5.74, 6) is -0.507. The van der Waals surface area contributed by atoms with Crippen LogP contribution in [-0.2, 0) is 9.59 Å². The average Bonchev–Trinajstić information content (AvgIpc) is 2.99. The van der Waals surface area contributed by atoms with Gasteiger partial charge in [0.25, 0.3) is 17.5 Å². The van der Waals surface area contributed by atoms with E-state index in [4.69, 9.17) is 11.6 Å². The lowest BCUT2D eigenvalue weighted by molar-refractivity contribution is -0.384. The average molecular weight is 426 g/mol. The second-order valence-electron chi connectivity index (χ2n) is 7.62. The highest BCUT2D eigenvalue weighted by Crippen LogP contribution is 2.38. The Morgan fingerprint density at radius 1 is 1.07 bits per heavy atom. The van der Waals surface area contributed by atoms with Gasteiger partial charge in [0.05, 0.1) is 21.2 Å². The molecule has 0 aliphatic carbocycles. The summed E-state index contributed by atoms with van der Waals surface area (Å²) in [5.41, 5.74) is 1.31. The molecule has 2 heterocycles. The topological polar surface area (TPSA) is 83.8 Å². The Labute approximate surface area is 178 Å². The second kappa shape index (κ2) is 7.91. The van der Waals surface area contributed by atoms with Crippen LogP contribution < -0.4 is 4.90 Å². The summed E-state index contributed by atoms with van der Waals surface area (Å²) >= 11 is 6.29. The van der Waals surface area contributed by atoms with Crippen LogP contribution in [0.5, 0.6) is 0 Å². The molecule has 2 aromatic rings. The van der Waals surface area contributed by atoms with Crippen LogP contribution in [0.25, 0.3) is 5.57 Å². The third-order valence-electron chi connectivity index (χ3n) is 5.49. The molecule has 7 nitrogen and oxygen atoms in total. The Morgan fingerprint density at radius 3 is 2.40 bits per heavy atom. The molecule has 2 aliphatic heterocycles. The van der Waals surface area contributed by atoms with Crippen molar-refractivity contribution in [2.24, 2.45) is 5.92 Å². The van der Waals surface area contributed by atoms with Gasteiger partial charge in [0.1, 0.15) is 5.70 Å². The van der Waals surface area contributed by atoms with Crippen LogP contribution in [0, 0.1) is 16.0 Å². The fraction of sp³-hybridized carbons (Fsp3) is 0.273. The number of non-ortho nitro benzene ring substituents is 1. The molecule has 0 N–H and O–H groups in total. The minimum atomic E-state index is -0.497. The molecule has 2 amide bonds. The quantitative estimate of drug-likeness (QED) is 0.415. The van der Waals surface area contributed by atoms with E-state index in [9.17, 15) is 19.7 Å². The van der Waals surface area contributed by atoms with E-state index in [1.807, 2.05) is 4.90 Å². The Balaban J connectivity index is 1.84. The number of carbonyl (C=O) groups excluding carboxylic acids is 2. The van der Waals surface area contributed by atoms with Crippen molar-refractivity contribution < 1.29 is 14.5 Å². The van der Waals surface area contributed by atoms with Crippen molar-refractivity contribution >= 4 is 40.4 Å². The number of hydrogen-bond donors (Lipinski definition) is 0. The number of amides is 2. The smallest absolute Gasteiger partial charge is 0.282 e. The van der Waals surface area contributed by atoms with Gasteiger partial charge in [0.15, 0.2) is 0 Å². The standard InChI is InChI=1S/C22H20ClN3O4/c1-14-5-4-12-24(13-14)20-19(15-8-10-16(11-9-15)26(29)30)21(27)25(22(20)28)18-7-3-2-6-17(18)23/h2-3,6-11,14H,4-5,12-13H2,1H3. The van der Waals surface area contributed by atoms with Crippen molar-refractivity contribution in [1.82, 2.24) is 4.90 Å². The second-order valence-corrected chi connectivity index (χ2v) is 8.03. The highest BCUT2D eigenvalue weighted by molar-refractivity contribution is 6.47. The van der Waals surface area contributed by atoms with Crippen LogP contribution in [0.15, 0.2) is 54.2 Å². The zero-order chi connectivity index (χ0) is 21.4. The molecule has 0 bridgehead atoms. The predicted molar refractivity (Wildman–Crippen MR) is 114 cm³/mol. The van der Waals surface area contributed by atoms with Crippen molar-refractivity contribution in [1.29, 1.82) is 0 Å². The molecule has 1 fully saturated rings. The molecule has 2 aliphatic rings. The Hall–Kier alpha value is -3.19. The van der Waals surface area contributed by atoms with Crippen molar-refractivity contribution in [3.63, 3.8) is 0 Å². The number of para-hydroxylation sites is 1. The van der Waals surface area contributed by atoms with Gasteiger partial charge in [-0.05, 0) is 48.6 Å². The van der Waals surface area contributed by atoms with Gasteiger partial charge < -0.3 is 4.90 Å². The zero-order valence-corrected chi connectivity index (χ0v) is 17.1. The summed E-state index contributed by atoms with van der Waals surface area (Å²) in [5, 5.41) is 11.3. The number of anilines is 1. The first-order chi connectivity index (χ1) is 14.4. The lowest BCUT2D eigenvalue weighted by Gasteiger charge is -2.33. The Morgan fingerprint density at radius 2 is 1.77 bits per heavy atom. The first-order valence-electron chi connectivity index (χ1n) is 9.76. The van der Waals surface area contributed by atoms with Crippen molar-refractivity contribution in [3.05, 3.63) is 74.9 Å². The predicted octanol–water partition coefficient (Wildman–Crippen LogP) is 4.26. The molecule has 1 saturated heterocycles. The molecule has 1 unspecified atom stereocenters. The minimum absolute atomic E-state index is 0.0766. The maximum Gasteiger partial charge on any atom is 0.282 e. The highest BCUT2D eigenvalue weighted by Gasteiger charge is 2.43. The number of nitrogens with zero attached hydrogens (tertiary/aromatic N) is 3. The lowest BCUT2D eigenvalue weighted by Crippen LogP contribution is -2.39. The summed E-state index contributed by atoms with van der Waals surface area (Å²) in [6.07, 6.45) is 1.98. The SMILES string of the molecule is CC1CCCN(C2=C(c3ccc([N+](=O)[O-])cc3)C(=O)N(c3ccccc3Cl)C2=O)C1. The molecule has 0 aromatic heterocycles. The van der Waals surface area contributed by atoms with E-state index in [1.54, 1.807) is 24.3 Å². The monoisotopic (exact) mass is 425 g/mol. The summed E-state index contributed by atoms with van der Waals surface area (Å²) in [6.45, 7) is 3.46. The van der Waals surface area contributed by atoms with E-state index in [0.717, 1.165) is 17.7 Å². The number of nitro benzene ring substituents is 1. The van der Waals surface area contributed by atoms with Gasteiger partial charge in [-0.25, -0.2) is 4.90 Å². The summed E-state index contributed by atoms with van der Waals surface area (Å²) < 4.78 is 0. The number of rotatable bonds is 4. The van der Waals surface area contributed by atoms with Crippen LogP contribution in [0.3, 0.4) is 0 Å². The van der Waals surface area contributed by atoms with Crippen molar-refractivity contribution in [3.8, 4) is 0 Å². The van der Waals surface area contributed by atoms with Crippen LogP contribution in [0.2, 0.25) is 5.02 Å². The largest absolute Gasteiger partial charge is 0.366 e. The van der Waals surface area contributed by atoms with Gasteiger partial charge in [-0.3, -0.25) is 19.7 Å². The minimum Gasteiger partial charge on any atom is -0.366 e. The van der Waals surface area contributed by atoms with Gasteiger partial charge in [-0.1, -0.05) is 30.7 Å². The van der Waals surface area contributed by atoms with Crippen LogP contribution in [-0.4, -0.2) is 34.7 Å². The maximum absolute atomic E-state index is 13.5. The number of likely N-dealkylation sites (tertiary alicyclic amines) is 1. The molecule has 154 valence electrons. The van der Waals surface area contributed by atoms with Crippen molar-refractivity contribution in [2.75, 3.05) is 18.0 Å². The molecule has 0 saturated carbocycles. The van der Waals surface area contributed by atoms with Gasteiger partial charge in [-0.2, -0.15) is 0 Å². The van der Waals surface area contributed by atoms with E-state index in [2.05, 4.69) is 6.92 Å². The zero-order valence-electron chi connectivity index (χ0n) is 16.4. The number of halogens is 1. The molecule has 0 radical (unpaired) electrons. The molecule has 30 heavy (non-hydrogen) atoms. The number of carbonyl (C=O) groups is 2. The van der Waals surface area contributed by atoms with E-state index >= 15 is 0 Å². The fourth-order valence-electron chi connectivity index (χ4n) is 4.07. The molecule has 4 rings (SSSR count). The van der Waals surface area contributed by atoms with Crippen LogP contribution >= 0.6 is 11.6 Å². The molecular formula is C22H20ClN3O4. The van der Waals surface area contributed by atoms with Crippen LogP contribution in [0.1, 0.15) is 25.3 Å². The third-order valence-corrected chi connectivity index (χ3v) is 5.81. The number of piperidine rings is 1. The van der Waals surface area contributed by atoms with E-state index in [-0.39, 0.29) is 11.3 Å². The lowest BCUT2D eigenvalue weighted by atomic mass is 9.97. The Kier molecular flexibility index (Phi) is 5.30. The van der Waals surface area contributed by atoms with E-state index in [0.29, 0.717) is 41.0 Å². The third kappa shape index (κ3) is 3.45. The van der Waals surface area contributed by atoms with Crippen LogP contribution in [0.4, 0.5) is 11.4 Å². The first-order valence-corrected chi connectivity index (χ1v) is 10.1. The van der Waals surface area contributed by atoms with E-state index < -0.39 is 16.7 Å². The highest BCUT2D eigenvalue weighted by atomic mass is 35.5. The normalized spacial score (nSPS) is 19.6. The van der Waals surface area contributed by atoms with Gasteiger partial charge in [-0.15, -0.1) is 0 Å². The first kappa shape index (κ1) is 20.1. The number of nitro groups is 1. The molecule has 8 heteroatoms. The number of hydrogen-bond acceptors (Lipinski definition) is 5. The van der Waals surface area contributed by atoms with E-state index in [1.165, 1.54) is 24.3 Å². The summed E-state index contributed by atoms with van der Waals surface area (Å²) in [7, 11) is 0. The maximum atomic E-state index is 13.5. The van der Waals surface area contributed by atoms with Crippen molar-refractivity contribution in [2.45, 2.75) is 19.8 Å². The number of benzene rings is 2. The van der Waals surface area contributed by atoms with Gasteiger partial charge in [0.2, 0.25) is 0 Å². The summed E-state index contributed by atoms with van der Waals surface area (Å²) in [6, 6.07) is 12.4. The number of imide groups is 1. The summed E-state index contributed by atoms with van der Waals surface area (Å²) in [4.78, 5) is 40.5. The molecule has 0 spiro atoms. The fourth-order valence-corrected chi connectivity index (χ4v) is 4.29. The molecule has 1 atom stereocenters.